The van der Waals surface area contributed by atoms with Crippen LogP contribution < -0.4 is 90.2 Å². The standard InChI is InChI=1S/C59H83N13O14/c1-83-47-21-18-36(31-39(47)52(75)65-30-25-51(73)74)67-57(80)44(14-6-10-27-61)71-54(77)41-33-38(20-23-49(41)85-3)69-59(82)46(16-8-12-29-63)72-55(78)42-34-37(19-24-50(42)86-4)68-58(81)45(15-7-11-28-62)70-53(76)40-32-35(17-22-48(40)84-2)66-56(79)43(64)13-5-9-26-60/h17-24,31-34,43-46H,5-16,25-30,60-64H2,1-4H3,(H,65,75)(H,66,79)(H,67,80)(H,68,81)(H,69,82)(H,70,76)(H,71,77)(H,72,78)(H,73,74)/t43-,44-,45-,46?/m0/s1. The van der Waals surface area contributed by atoms with Gasteiger partial charge in [0.1, 0.15) is 41.1 Å². The summed E-state index contributed by atoms with van der Waals surface area (Å²) in [4.78, 5) is 121. The van der Waals surface area contributed by atoms with Crippen molar-refractivity contribution in [2.24, 2.45) is 28.7 Å². The van der Waals surface area contributed by atoms with Gasteiger partial charge in [-0.05, 0) is 170 Å². The van der Waals surface area contributed by atoms with Gasteiger partial charge in [0.25, 0.3) is 23.6 Å². The van der Waals surface area contributed by atoms with Gasteiger partial charge < -0.3 is 95.3 Å². The van der Waals surface area contributed by atoms with E-state index < -0.39 is 77.4 Å². The summed E-state index contributed by atoms with van der Waals surface area (Å²) in [6, 6.07) is 13.0. The lowest BCUT2D eigenvalue weighted by Crippen LogP contribution is -2.44. The summed E-state index contributed by atoms with van der Waals surface area (Å²) in [5, 5.41) is 30.8. The van der Waals surface area contributed by atoms with Crippen LogP contribution in [0.15, 0.2) is 72.8 Å². The van der Waals surface area contributed by atoms with Crippen molar-refractivity contribution in [2.75, 3.05) is 82.4 Å². The molecular weight excluding hydrogens is 1110 g/mol. The van der Waals surface area contributed by atoms with Crippen LogP contribution in [0.4, 0.5) is 22.7 Å². The second kappa shape index (κ2) is 36.7. The summed E-state index contributed by atoms with van der Waals surface area (Å²) in [6.07, 6.45) is 4.75. The highest BCUT2D eigenvalue weighted by atomic mass is 16.5. The molecule has 468 valence electrons. The van der Waals surface area contributed by atoms with Crippen molar-refractivity contribution in [1.82, 2.24) is 21.3 Å². The smallest absolute Gasteiger partial charge is 0.305 e. The van der Waals surface area contributed by atoms with E-state index in [1.165, 1.54) is 95.2 Å². The Morgan fingerprint density at radius 1 is 0.407 bits per heavy atom. The third-order valence-corrected chi connectivity index (χ3v) is 13.5. The first-order valence-electron chi connectivity index (χ1n) is 28.3. The molecule has 4 aromatic carbocycles. The Morgan fingerprint density at radius 2 is 0.686 bits per heavy atom. The molecule has 0 aliphatic heterocycles. The lowest BCUT2D eigenvalue weighted by molar-refractivity contribution is -0.137. The first-order chi connectivity index (χ1) is 41.3. The van der Waals surface area contributed by atoms with Crippen LogP contribution in [-0.2, 0) is 24.0 Å². The van der Waals surface area contributed by atoms with Gasteiger partial charge >= 0.3 is 5.97 Å². The fraction of sp³-hybridized carbons (Fsp3) is 0.441. The van der Waals surface area contributed by atoms with E-state index in [1.54, 1.807) is 6.07 Å². The molecule has 0 aliphatic carbocycles. The number of carboxylic acids is 1. The van der Waals surface area contributed by atoms with Crippen molar-refractivity contribution in [2.45, 2.75) is 108 Å². The maximum Gasteiger partial charge on any atom is 0.305 e. The van der Waals surface area contributed by atoms with Crippen LogP contribution in [0.3, 0.4) is 0 Å². The predicted octanol–water partition coefficient (Wildman–Crippen LogP) is 2.92. The largest absolute Gasteiger partial charge is 0.496 e. The summed E-state index contributed by atoms with van der Waals surface area (Å²) in [5.74, 6) is -5.84. The van der Waals surface area contributed by atoms with E-state index in [9.17, 15) is 43.2 Å². The number of rotatable bonds is 38. The summed E-state index contributed by atoms with van der Waals surface area (Å²) >= 11 is 0. The van der Waals surface area contributed by atoms with E-state index in [4.69, 9.17) is 52.7 Å². The van der Waals surface area contributed by atoms with Gasteiger partial charge in [-0.2, -0.15) is 0 Å². The average Bonchev–Trinajstić information content (AvgIpc) is 3.56. The van der Waals surface area contributed by atoms with Crippen molar-refractivity contribution in [3.05, 3.63) is 95.1 Å². The van der Waals surface area contributed by atoms with Crippen LogP contribution in [0.25, 0.3) is 0 Å². The second-order valence-electron chi connectivity index (χ2n) is 19.8. The molecule has 4 atom stereocenters. The Morgan fingerprint density at radius 3 is 0.965 bits per heavy atom. The number of carbonyl (C=O) groups excluding carboxylic acids is 8. The Bertz CT molecular complexity index is 2960. The molecule has 4 rings (SSSR count). The number of unbranched alkanes of at least 4 members (excludes halogenated alkanes) is 4. The molecule has 0 fully saturated rings. The van der Waals surface area contributed by atoms with Crippen molar-refractivity contribution in [3.63, 3.8) is 0 Å². The molecule has 19 N–H and O–H groups in total. The van der Waals surface area contributed by atoms with E-state index in [-0.39, 0.29) is 100 Å². The SMILES string of the molecule is COc1ccc(NC(=O)[C@H](CCCCN)NC(=O)c2cc(NC(=O)C(CCCCN)NC(=O)c3cc(NC(=O)[C@H](CCCCN)NC(=O)c4cc(NC(=O)[C@@H](N)CCCCN)ccc4OC)ccc3OC)ccc2OC)cc1C(=O)NCCC(=O)O. The summed E-state index contributed by atoms with van der Waals surface area (Å²) < 4.78 is 21.8. The van der Waals surface area contributed by atoms with E-state index >= 15 is 0 Å². The molecule has 4 aromatic rings. The van der Waals surface area contributed by atoms with Gasteiger partial charge in [0.15, 0.2) is 0 Å². The number of aliphatic carboxylic acids is 1. The first-order valence-corrected chi connectivity index (χ1v) is 28.3. The van der Waals surface area contributed by atoms with Crippen LogP contribution >= 0.6 is 0 Å². The number of amides is 8. The molecule has 86 heavy (non-hydrogen) atoms. The normalized spacial score (nSPS) is 12.2. The van der Waals surface area contributed by atoms with Crippen molar-refractivity contribution in [1.29, 1.82) is 0 Å². The number of carboxylic acid groups (broad SMARTS) is 1. The Labute approximate surface area is 499 Å². The van der Waals surface area contributed by atoms with Crippen LogP contribution in [-0.4, -0.2) is 144 Å². The maximum atomic E-state index is 14.3. The molecule has 1 unspecified atom stereocenters. The van der Waals surface area contributed by atoms with E-state index in [2.05, 4.69) is 42.5 Å². The quantitative estimate of drug-likeness (QED) is 0.0287. The zero-order chi connectivity index (χ0) is 63.1. The number of nitrogens with two attached hydrogens (primary N) is 5. The maximum absolute atomic E-state index is 14.3. The molecule has 27 heteroatoms. The lowest BCUT2D eigenvalue weighted by Gasteiger charge is -2.22. The third-order valence-electron chi connectivity index (χ3n) is 13.5. The summed E-state index contributed by atoms with van der Waals surface area (Å²) in [5.41, 5.74) is 29.6. The van der Waals surface area contributed by atoms with Crippen molar-refractivity contribution in [3.8, 4) is 23.0 Å². The van der Waals surface area contributed by atoms with Gasteiger partial charge in [-0.15, -0.1) is 0 Å². The second-order valence-corrected chi connectivity index (χ2v) is 19.8. The summed E-state index contributed by atoms with van der Waals surface area (Å²) in [7, 11) is 5.39. The molecule has 27 nitrogen and oxygen atoms in total. The molecule has 0 saturated heterocycles. The molecular formula is C59H83N13O14. The highest BCUT2D eigenvalue weighted by Gasteiger charge is 2.29. The minimum absolute atomic E-state index is 0.0209. The topological polar surface area (TPSA) is 437 Å². The molecule has 0 heterocycles. The number of anilines is 4. The lowest BCUT2D eigenvalue weighted by atomic mass is 10.1. The number of carbonyl (C=O) groups is 9. The number of methoxy groups -OCH3 is 4. The number of hydrogen-bond acceptors (Lipinski definition) is 18. The zero-order valence-corrected chi connectivity index (χ0v) is 49.1. The molecule has 0 spiro atoms. The molecule has 0 aromatic heterocycles. The summed E-state index contributed by atoms with van der Waals surface area (Å²) in [6.45, 7) is 1.25. The predicted molar refractivity (Wildman–Crippen MR) is 324 cm³/mol. The van der Waals surface area contributed by atoms with Crippen LogP contribution in [0, 0.1) is 0 Å². The van der Waals surface area contributed by atoms with Crippen molar-refractivity contribution < 1.29 is 67.2 Å². The van der Waals surface area contributed by atoms with Crippen LogP contribution in [0.2, 0.25) is 0 Å². The molecule has 0 bridgehead atoms. The minimum atomic E-state index is -1.19. The van der Waals surface area contributed by atoms with Crippen LogP contribution in [0.5, 0.6) is 23.0 Å². The number of nitrogens with one attached hydrogen (secondary N) is 8. The highest BCUT2D eigenvalue weighted by Crippen LogP contribution is 2.28. The molecule has 8 amide bonds. The Kier molecular flexibility index (Phi) is 29.7. The number of ether oxygens (including phenoxy) is 4. The van der Waals surface area contributed by atoms with Gasteiger partial charge in [0, 0.05) is 29.3 Å². The van der Waals surface area contributed by atoms with Gasteiger partial charge in [0.2, 0.25) is 23.6 Å². The molecule has 0 saturated carbocycles. The fourth-order valence-electron chi connectivity index (χ4n) is 8.79. The number of benzene rings is 4. The highest BCUT2D eigenvalue weighted by molar-refractivity contribution is 6.07. The number of hydrogen-bond donors (Lipinski definition) is 14. The van der Waals surface area contributed by atoms with Gasteiger partial charge in [0.05, 0.1) is 63.2 Å². The van der Waals surface area contributed by atoms with Gasteiger partial charge in [-0.25, -0.2) is 0 Å². The first kappa shape index (κ1) is 69.6. The molecule has 0 radical (unpaired) electrons. The Balaban J connectivity index is 1.55. The third kappa shape index (κ3) is 21.9. The van der Waals surface area contributed by atoms with Gasteiger partial charge in [-0.3, -0.25) is 43.2 Å². The van der Waals surface area contributed by atoms with E-state index in [0.29, 0.717) is 84.0 Å². The van der Waals surface area contributed by atoms with E-state index in [1.807, 2.05) is 0 Å². The van der Waals surface area contributed by atoms with Crippen LogP contribution in [0.1, 0.15) is 125 Å². The molecule has 0 aliphatic rings. The van der Waals surface area contributed by atoms with E-state index in [0.717, 1.165) is 0 Å². The fourth-order valence-corrected chi connectivity index (χ4v) is 8.79. The zero-order valence-electron chi connectivity index (χ0n) is 49.1. The Hall–Kier alpha value is -8.89. The minimum Gasteiger partial charge on any atom is -0.496 e. The van der Waals surface area contributed by atoms with Crippen molar-refractivity contribution >= 4 is 76.0 Å². The average molecular weight is 1200 g/mol. The van der Waals surface area contributed by atoms with Gasteiger partial charge in [-0.1, -0.05) is 6.42 Å². The monoisotopic (exact) mass is 1200 g/mol.